The molecule has 6 unspecified atom stereocenters. The minimum absolute atomic E-state index is 0.116. The number of allylic oxidation sites excluding steroid dienone is 2. The lowest BCUT2D eigenvalue weighted by Crippen LogP contribution is -2.59. The molecule has 1 aliphatic rings. The SMILES string of the molecule is CCCCCCCCC/C=C\CCCCCCCCCCOCC(COC1OC(CO)C(O)C(O)C1O)OC(=O)CCCC. The lowest BCUT2D eigenvalue weighted by atomic mass is 9.99. The molecule has 0 bridgehead atoms. The van der Waals surface area contributed by atoms with Crippen LogP contribution in [0.15, 0.2) is 12.2 Å². The molecule has 1 saturated heterocycles. The molecule has 0 aliphatic carbocycles. The molecule has 0 saturated carbocycles. The van der Waals surface area contributed by atoms with Crippen LogP contribution in [0.4, 0.5) is 0 Å². The predicted molar refractivity (Wildman–Crippen MR) is 173 cm³/mol. The van der Waals surface area contributed by atoms with Gasteiger partial charge in [-0.2, -0.15) is 0 Å². The second kappa shape index (κ2) is 28.2. The highest BCUT2D eigenvalue weighted by molar-refractivity contribution is 5.69. The van der Waals surface area contributed by atoms with Gasteiger partial charge in [-0.05, 0) is 38.5 Å². The van der Waals surface area contributed by atoms with E-state index in [2.05, 4.69) is 19.1 Å². The zero-order valence-corrected chi connectivity index (χ0v) is 27.9. The molecule has 1 fully saturated rings. The average molecular weight is 631 g/mol. The summed E-state index contributed by atoms with van der Waals surface area (Å²) in [6.07, 6.45) is 20.7. The number of carbonyl (C=O) groups is 1. The Hall–Kier alpha value is -1.07. The lowest BCUT2D eigenvalue weighted by molar-refractivity contribution is -0.305. The highest BCUT2D eigenvalue weighted by atomic mass is 16.7. The number of aliphatic hydroxyl groups excluding tert-OH is 4. The van der Waals surface area contributed by atoms with Crippen molar-refractivity contribution in [3.05, 3.63) is 12.2 Å². The van der Waals surface area contributed by atoms with Crippen LogP contribution < -0.4 is 0 Å². The summed E-state index contributed by atoms with van der Waals surface area (Å²) in [4.78, 5) is 12.2. The maximum Gasteiger partial charge on any atom is 0.306 e. The van der Waals surface area contributed by atoms with Gasteiger partial charge in [0.1, 0.15) is 30.5 Å². The van der Waals surface area contributed by atoms with Crippen LogP contribution in [0.1, 0.15) is 142 Å². The van der Waals surface area contributed by atoms with Crippen LogP contribution in [-0.2, 0) is 23.7 Å². The van der Waals surface area contributed by atoms with E-state index in [1.54, 1.807) is 0 Å². The highest BCUT2D eigenvalue weighted by Crippen LogP contribution is 2.22. The van der Waals surface area contributed by atoms with Crippen LogP contribution in [0.3, 0.4) is 0 Å². The molecular formula is C35H66O9. The minimum atomic E-state index is -1.53. The van der Waals surface area contributed by atoms with Crippen molar-refractivity contribution < 1.29 is 44.2 Å². The summed E-state index contributed by atoms with van der Waals surface area (Å²) in [5.41, 5.74) is 0. The first kappa shape index (κ1) is 41.0. The van der Waals surface area contributed by atoms with E-state index in [1.165, 1.54) is 96.3 Å². The molecule has 0 aromatic heterocycles. The fourth-order valence-corrected chi connectivity index (χ4v) is 5.29. The van der Waals surface area contributed by atoms with Gasteiger partial charge in [0, 0.05) is 13.0 Å². The Morgan fingerprint density at radius 2 is 1.25 bits per heavy atom. The van der Waals surface area contributed by atoms with Gasteiger partial charge in [0.25, 0.3) is 0 Å². The highest BCUT2D eigenvalue weighted by Gasteiger charge is 2.44. The molecule has 1 heterocycles. The Kier molecular flexibility index (Phi) is 26.2. The number of unbranched alkanes of at least 4 members (excludes halogenated alkanes) is 16. The third-order valence-electron chi connectivity index (χ3n) is 8.18. The normalized spacial score (nSPS) is 22.9. The Bertz CT molecular complexity index is 687. The van der Waals surface area contributed by atoms with E-state index in [0.29, 0.717) is 13.0 Å². The van der Waals surface area contributed by atoms with E-state index in [1.807, 2.05) is 6.92 Å². The largest absolute Gasteiger partial charge is 0.457 e. The number of hydrogen-bond donors (Lipinski definition) is 4. The Balaban J connectivity index is 2.12. The molecule has 0 aromatic carbocycles. The van der Waals surface area contributed by atoms with Gasteiger partial charge in [-0.3, -0.25) is 4.79 Å². The molecule has 9 nitrogen and oxygen atoms in total. The van der Waals surface area contributed by atoms with Crippen LogP contribution in [0.25, 0.3) is 0 Å². The summed E-state index contributed by atoms with van der Waals surface area (Å²) in [7, 11) is 0. The molecule has 0 amide bonds. The molecule has 6 atom stereocenters. The maximum atomic E-state index is 12.2. The third kappa shape index (κ3) is 20.1. The van der Waals surface area contributed by atoms with Crippen molar-refractivity contribution in [3.8, 4) is 0 Å². The maximum absolute atomic E-state index is 12.2. The minimum Gasteiger partial charge on any atom is -0.457 e. The van der Waals surface area contributed by atoms with Crippen molar-refractivity contribution in [2.75, 3.05) is 26.4 Å². The van der Waals surface area contributed by atoms with E-state index in [4.69, 9.17) is 18.9 Å². The van der Waals surface area contributed by atoms with Gasteiger partial charge in [0.2, 0.25) is 0 Å². The van der Waals surface area contributed by atoms with E-state index in [0.717, 1.165) is 25.7 Å². The van der Waals surface area contributed by atoms with E-state index in [9.17, 15) is 25.2 Å². The van der Waals surface area contributed by atoms with Crippen molar-refractivity contribution >= 4 is 5.97 Å². The quantitative estimate of drug-likeness (QED) is 0.0437. The van der Waals surface area contributed by atoms with Crippen molar-refractivity contribution in [1.82, 2.24) is 0 Å². The van der Waals surface area contributed by atoms with E-state index in [-0.39, 0.29) is 19.2 Å². The van der Waals surface area contributed by atoms with Gasteiger partial charge in [-0.1, -0.05) is 109 Å². The van der Waals surface area contributed by atoms with Crippen LogP contribution in [0.2, 0.25) is 0 Å². The van der Waals surface area contributed by atoms with Crippen molar-refractivity contribution in [2.45, 2.75) is 179 Å². The summed E-state index contributed by atoms with van der Waals surface area (Å²) >= 11 is 0. The first-order valence-electron chi connectivity index (χ1n) is 17.8. The molecule has 260 valence electrons. The summed E-state index contributed by atoms with van der Waals surface area (Å²) in [5, 5.41) is 39.5. The van der Waals surface area contributed by atoms with Crippen LogP contribution in [-0.4, -0.2) is 89.6 Å². The lowest BCUT2D eigenvalue weighted by Gasteiger charge is -2.39. The summed E-state index contributed by atoms with van der Waals surface area (Å²) in [6.45, 7) is 4.29. The van der Waals surface area contributed by atoms with Gasteiger partial charge >= 0.3 is 5.97 Å². The zero-order valence-electron chi connectivity index (χ0n) is 27.9. The Morgan fingerprint density at radius 3 is 1.82 bits per heavy atom. The first-order valence-corrected chi connectivity index (χ1v) is 17.8. The Morgan fingerprint density at radius 1 is 0.705 bits per heavy atom. The van der Waals surface area contributed by atoms with Crippen molar-refractivity contribution in [3.63, 3.8) is 0 Å². The third-order valence-corrected chi connectivity index (χ3v) is 8.18. The molecule has 1 aliphatic heterocycles. The molecule has 0 radical (unpaired) electrons. The van der Waals surface area contributed by atoms with Crippen molar-refractivity contribution in [2.24, 2.45) is 0 Å². The number of ether oxygens (including phenoxy) is 4. The van der Waals surface area contributed by atoms with Gasteiger partial charge in [0.15, 0.2) is 6.29 Å². The fourth-order valence-electron chi connectivity index (χ4n) is 5.29. The second-order valence-corrected chi connectivity index (χ2v) is 12.3. The fraction of sp³-hybridized carbons (Fsp3) is 0.914. The Labute approximate surface area is 267 Å². The first-order chi connectivity index (χ1) is 21.4. The van der Waals surface area contributed by atoms with Gasteiger partial charge in [0.05, 0.1) is 19.8 Å². The topological polar surface area (TPSA) is 135 Å². The number of carbonyl (C=O) groups excluding carboxylic acids is 1. The molecule has 1 rings (SSSR count). The standard InChI is InChI=1S/C35H66O9/c1-3-5-7-8-9-10-11-12-13-14-15-16-17-18-19-20-21-22-23-25-41-27-29(43-31(37)24-6-4-2)28-42-35-34(40)33(39)32(38)30(26-36)44-35/h13-14,29-30,32-36,38-40H,3-12,15-28H2,1-2H3/b14-13-. The monoisotopic (exact) mass is 630 g/mol. The molecule has 4 N–H and O–H groups in total. The summed E-state index contributed by atoms with van der Waals surface area (Å²) in [6, 6.07) is 0. The van der Waals surface area contributed by atoms with Crippen LogP contribution in [0.5, 0.6) is 0 Å². The molecule has 9 heteroatoms. The summed E-state index contributed by atoms with van der Waals surface area (Å²) < 4.78 is 22.3. The van der Waals surface area contributed by atoms with E-state index < -0.39 is 43.4 Å². The number of aliphatic hydroxyl groups is 4. The number of esters is 1. The van der Waals surface area contributed by atoms with Crippen LogP contribution >= 0.6 is 0 Å². The number of rotatable bonds is 29. The van der Waals surface area contributed by atoms with Crippen LogP contribution in [0, 0.1) is 0 Å². The predicted octanol–water partition coefficient (Wildman–Crippen LogP) is 6.13. The molecular weight excluding hydrogens is 564 g/mol. The second-order valence-electron chi connectivity index (χ2n) is 12.3. The molecule has 0 spiro atoms. The smallest absolute Gasteiger partial charge is 0.306 e. The summed E-state index contributed by atoms with van der Waals surface area (Å²) in [5.74, 6) is -0.350. The van der Waals surface area contributed by atoms with Crippen molar-refractivity contribution in [1.29, 1.82) is 0 Å². The molecule has 0 aromatic rings. The zero-order chi connectivity index (χ0) is 32.3. The van der Waals surface area contributed by atoms with Gasteiger partial charge < -0.3 is 39.4 Å². The average Bonchev–Trinajstić information content (AvgIpc) is 3.02. The van der Waals surface area contributed by atoms with Gasteiger partial charge in [-0.15, -0.1) is 0 Å². The van der Waals surface area contributed by atoms with E-state index >= 15 is 0 Å². The van der Waals surface area contributed by atoms with Gasteiger partial charge in [-0.25, -0.2) is 0 Å². The molecule has 44 heavy (non-hydrogen) atoms. The number of hydrogen-bond acceptors (Lipinski definition) is 9.